The smallest absolute Gasteiger partial charge is 0.339 e. The SMILES string of the molecule is COC(=O)c1ccccc1S(=O)(=O)Nc1ncc(C)s1. The molecule has 1 aromatic carbocycles. The molecule has 8 heteroatoms. The number of nitrogens with one attached hydrogen (secondary N) is 1. The first-order valence-electron chi connectivity index (χ1n) is 5.56. The van der Waals surface area contributed by atoms with Crippen LogP contribution in [0.25, 0.3) is 0 Å². The van der Waals surface area contributed by atoms with Crippen LogP contribution < -0.4 is 4.72 Å². The molecule has 0 bridgehead atoms. The van der Waals surface area contributed by atoms with Gasteiger partial charge in [-0.3, -0.25) is 4.72 Å². The normalized spacial score (nSPS) is 11.1. The molecule has 2 rings (SSSR count). The van der Waals surface area contributed by atoms with Crippen LogP contribution in [-0.4, -0.2) is 26.5 Å². The minimum absolute atomic E-state index is 0.0178. The summed E-state index contributed by atoms with van der Waals surface area (Å²) in [5.74, 6) is -0.707. The fourth-order valence-electron chi connectivity index (χ4n) is 1.55. The summed E-state index contributed by atoms with van der Waals surface area (Å²) in [5, 5.41) is 0.252. The molecule has 0 saturated heterocycles. The predicted molar refractivity (Wildman–Crippen MR) is 75.4 cm³/mol. The average Bonchev–Trinajstić information content (AvgIpc) is 2.82. The van der Waals surface area contributed by atoms with E-state index in [0.717, 1.165) is 4.88 Å². The Balaban J connectivity index is 2.42. The van der Waals surface area contributed by atoms with Crippen LogP contribution in [0.2, 0.25) is 0 Å². The van der Waals surface area contributed by atoms with Crippen LogP contribution in [0.4, 0.5) is 5.13 Å². The van der Waals surface area contributed by atoms with Gasteiger partial charge in [0.05, 0.1) is 12.7 Å². The van der Waals surface area contributed by atoms with Crippen molar-refractivity contribution in [2.45, 2.75) is 11.8 Å². The minimum Gasteiger partial charge on any atom is -0.465 e. The summed E-state index contributed by atoms with van der Waals surface area (Å²) in [6, 6.07) is 5.84. The van der Waals surface area contributed by atoms with E-state index in [0.29, 0.717) is 0 Å². The monoisotopic (exact) mass is 312 g/mol. The Morgan fingerprint density at radius 1 is 1.35 bits per heavy atom. The molecule has 0 unspecified atom stereocenters. The Kier molecular flexibility index (Phi) is 4.05. The molecule has 6 nitrogen and oxygen atoms in total. The standard InChI is InChI=1S/C12H12N2O4S2/c1-8-7-13-12(19-8)14-20(16,17)10-6-4-3-5-9(10)11(15)18-2/h3-7H,1-2H3,(H,13,14). The third-order valence-electron chi connectivity index (χ3n) is 2.42. The van der Waals surface area contributed by atoms with E-state index in [1.165, 1.54) is 36.6 Å². The van der Waals surface area contributed by atoms with E-state index in [1.54, 1.807) is 12.3 Å². The number of carbonyl (C=O) groups is 1. The first-order chi connectivity index (χ1) is 9.44. The maximum Gasteiger partial charge on any atom is 0.339 e. The minimum atomic E-state index is -3.89. The van der Waals surface area contributed by atoms with Gasteiger partial charge < -0.3 is 4.74 Å². The van der Waals surface area contributed by atoms with Crippen LogP contribution in [0.5, 0.6) is 0 Å². The maximum atomic E-state index is 12.3. The van der Waals surface area contributed by atoms with E-state index in [2.05, 4.69) is 14.4 Å². The van der Waals surface area contributed by atoms with Crippen molar-refractivity contribution < 1.29 is 17.9 Å². The van der Waals surface area contributed by atoms with Crippen molar-refractivity contribution in [2.75, 3.05) is 11.8 Å². The van der Waals surface area contributed by atoms with Crippen molar-refractivity contribution in [1.29, 1.82) is 0 Å². The summed E-state index contributed by atoms with van der Waals surface area (Å²) in [6.45, 7) is 1.82. The van der Waals surface area contributed by atoms with Crippen LogP contribution in [-0.2, 0) is 14.8 Å². The summed E-state index contributed by atoms with van der Waals surface area (Å²) < 4.78 is 31.5. The highest BCUT2D eigenvalue weighted by Crippen LogP contribution is 2.23. The molecule has 0 spiro atoms. The van der Waals surface area contributed by atoms with Crippen LogP contribution >= 0.6 is 11.3 Å². The molecule has 0 fully saturated rings. The zero-order valence-corrected chi connectivity index (χ0v) is 12.4. The van der Waals surface area contributed by atoms with Gasteiger partial charge in [0.25, 0.3) is 10.0 Å². The molecule has 106 valence electrons. The van der Waals surface area contributed by atoms with Gasteiger partial charge in [0.1, 0.15) is 4.90 Å². The molecule has 1 heterocycles. The maximum absolute atomic E-state index is 12.3. The second kappa shape index (κ2) is 5.59. The fourth-order valence-corrected chi connectivity index (χ4v) is 3.65. The third kappa shape index (κ3) is 2.97. The number of benzene rings is 1. The summed E-state index contributed by atoms with van der Waals surface area (Å²) in [6.07, 6.45) is 1.56. The number of rotatable bonds is 4. The van der Waals surface area contributed by atoms with Gasteiger partial charge in [-0.1, -0.05) is 12.1 Å². The quantitative estimate of drug-likeness (QED) is 0.873. The molecule has 0 aliphatic heterocycles. The zero-order valence-electron chi connectivity index (χ0n) is 10.8. The first kappa shape index (κ1) is 14.5. The predicted octanol–water partition coefficient (Wildman–Crippen LogP) is 2.04. The third-order valence-corrected chi connectivity index (χ3v) is 4.78. The number of esters is 1. The topological polar surface area (TPSA) is 85.4 Å². The summed E-state index contributed by atoms with van der Waals surface area (Å²) in [7, 11) is -2.69. The fraction of sp³-hybridized carbons (Fsp3) is 0.167. The van der Waals surface area contributed by atoms with Gasteiger partial charge in [0.15, 0.2) is 5.13 Å². The second-order valence-electron chi connectivity index (χ2n) is 3.87. The molecular formula is C12H12N2O4S2. The van der Waals surface area contributed by atoms with Crippen molar-refractivity contribution in [3.05, 3.63) is 40.9 Å². The number of thiazole rings is 1. The van der Waals surface area contributed by atoms with E-state index < -0.39 is 16.0 Å². The molecule has 2 aromatic rings. The van der Waals surface area contributed by atoms with Gasteiger partial charge in [-0.05, 0) is 19.1 Å². The van der Waals surface area contributed by atoms with Crippen LogP contribution in [0.1, 0.15) is 15.2 Å². The molecule has 20 heavy (non-hydrogen) atoms. The number of sulfonamides is 1. The zero-order chi connectivity index (χ0) is 14.8. The Hall–Kier alpha value is -1.93. The summed E-state index contributed by atoms with van der Waals surface area (Å²) in [5.41, 5.74) is -0.0178. The number of nitrogens with zero attached hydrogens (tertiary/aromatic N) is 1. The van der Waals surface area contributed by atoms with Crippen LogP contribution in [0.3, 0.4) is 0 Å². The van der Waals surface area contributed by atoms with Gasteiger partial charge in [0.2, 0.25) is 0 Å². The summed E-state index contributed by atoms with van der Waals surface area (Å²) in [4.78, 5) is 16.3. The van der Waals surface area contributed by atoms with Gasteiger partial charge in [0, 0.05) is 11.1 Å². The highest BCUT2D eigenvalue weighted by atomic mass is 32.2. The molecule has 0 atom stereocenters. The van der Waals surface area contributed by atoms with E-state index in [9.17, 15) is 13.2 Å². The Labute approximate surface area is 120 Å². The van der Waals surface area contributed by atoms with Gasteiger partial charge >= 0.3 is 5.97 Å². The van der Waals surface area contributed by atoms with E-state index in [4.69, 9.17) is 0 Å². The molecule has 0 saturated carbocycles. The highest BCUT2D eigenvalue weighted by Gasteiger charge is 2.23. The number of carbonyl (C=O) groups excluding carboxylic acids is 1. The van der Waals surface area contributed by atoms with Crippen molar-refractivity contribution in [3.8, 4) is 0 Å². The lowest BCUT2D eigenvalue weighted by atomic mass is 10.2. The Morgan fingerprint density at radius 2 is 2.05 bits per heavy atom. The van der Waals surface area contributed by atoms with Gasteiger partial charge in [-0.2, -0.15) is 0 Å². The van der Waals surface area contributed by atoms with Crippen molar-refractivity contribution in [2.24, 2.45) is 0 Å². The summed E-state index contributed by atoms with van der Waals surface area (Å²) >= 11 is 1.21. The molecule has 0 radical (unpaired) electrons. The molecule has 1 aromatic heterocycles. The number of aromatic nitrogens is 1. The van der Waals surface area contributed by atoms with Gasteiger partial charge in [-0.25, -0.2) is 18.2 Å². The number of aryl methyl sites for hydroxylation is 1. The molecule has 0 aliphatic rings. The van der Waals surface area contributed by atoms with Crippen molar-refractivity contribution in [1.82, 2.24) is 4.98 Å². The largest absolute Gasteiger partial charge is 0.465 e. The number of hydrogen-bond acceptors (Lipinski definition) is 6. The highest BCUT2D eigenvalue weighted by molar-refractivity contribution is 7.93. The Bertz CT molecular complexity index is 737. The number of methoxy groups -OCH3 is 1. The lowest BCUT2D eigenvalue weighted by Crippen LogP contribution is -2.17. The first-order valence-corrected chi connectivity index (χ1v) is 7.86. The Morgan fingerprint density at radius 3 is 2.65 bits per heavy atom. The van der Waals surface area contributed by atoms with Crippen molar-refractivity contribution in [3.63, 3.8) is 0 Å². The average molecular weight is 312 g/mol. The molecule has 0 amide bonds. The van der Waals surface area contributed by atoms with Crippen LogP contribution in [0.15, 0.2) is 35.4 Å². The second-order valence-corrected chi connectivity index (χ2v) is 6.75. The van der Waals surface area contributed by atoms with Crippen LogP contribution in [0, 0.1) is 6.92 Å². The number of hydrogen-bond donors (Lipinski definition) is 1. The molecule has 1 N–H and O–H groups in total. The number of anilines is 1. The van der Waals surface area contributed by atoms with E-state index in [-0.39, 0.29) is 15.6 Å². The van der Waals surface area contributed by atoms with Crippen molar-refractivity contribution >= 4 is 32.5 Å². The molecule has 0 aliphatic carbocycles. The lowest BCUT2D eigenvalue weighted by Gasteiger charge is -2.09. The molecular weight excluding hydrogens is 300 g/mol. The van der Waals surface area contributed by atoms with Gasteiger partial charge in [-0.15, -0.1) is 11.3 Å². The van der Waals surface area contributed by atoms with E-state index in [1.807, 2.05) is 6.92 Å². The van der Waals surface area contributed by atoms with E-state index >= 15 is 0 Å². The number of ether oxygens (including phenoxy) is 1. The lowest BCUT2D eigenvalue weighted by molar-refractivity contribution is 0.0596.